The summed E-state index contributed by atoms with van der Waals surface area (Å²) in [5, 5.41) is 16.9. The van der Waals surface area contributed by atoms with Crippen LogP contribution in [0.2, 0.25) is 0 Å². The Morgan fingerprint density at radius 1 is 1.09 bits per heavy atom. The van der Waals surface area contributed by atoms with Crippen LogP contribution in [0.25, 0.3) is 10.9 Å². The smallest absolute Gasteiger partial charge is 0.239 e. The van der Waals surface area contributed by atoms with Crippen molar-refractivity contribution in [2.45, 2.75) is 57.2 Å². The monoisotopic (exact) mass is 459 g/mol. The maximum atomic E-state index is 12.5. The Kier molecular flexibility index (Phi) is 6.74. The molecule has 0 atom stereocenters. The van der Waals surface area contributed by atoms with Crippen molar-refractivity contribution in [3.8, 4) is 0 Å². The number of benzene rings is 2. The van der Waals surface area contributed by atoms with Crippen LogP contribution in [0.5, 0.6) is 0 Å². The first-order chi connectivity index (χ1) is 16.6. The molecule has 2 aromatic carbocycles. The van der Waals surface area contributed by atoms with Gasteiger partial charge in [-0.15, -0.1) is 0 Å². The number of likely N-dealkylation sites (tertiary alicyclic amines) is 1. The Labute approximate surface area is 200 Å². The molecule has 178 valence electrons. The highest BCUT2D eigenvalue weighted by atomic mass is 16.3. The molecule has 7 heteroatoms. The topological polar surface area (TPSA) is 90.4 Å². The van der Waals surface area contributed by atoms with Gasteiger partial charge in [-0.3, -0.25) is 9.69 Å². The van der Waals surface area contributed by atoms with Gasteiger partial charge in [-0.2, -0.15) is 0 Å². The van der Waals surface area contributed by atoms with Gasteiger partial charge < -0.3 is 15.7 Å². The molecule has 3 aromatic rings. The Morgan fingerprint density at radius 3 is 2.68 bits per heavy atom. The predicted octanol–water partition coefficient (Wildman–Crippen LogP) is 3.37. The van der Waals surface area contributed by atoms with Crippen LogP contribution in [-0.4, -0.2) is 57.6 Å². The molecule has 0 spiro atoms. The summed E-state index contributed by atoms with van der Waals surface area (Å²) in [5.74, 6) is 1.23. The number of hydrogen-bond donors (Lipinski definition) is 3. The van der Waals surface area contributed by atoms with Crippen LogP contribution < -0.4 is 10.6 Å². The molecule has 7 nitrogen and oxygen atoms in total. The predicted molar refractivity (Wildman–Crippen MR) is 134 cm³/mol. The number of aliphatic hydroxyl groups excluding tert-OH is 1. The van der Waals surface area contributed by atoms with E-state index in [9.17, 15) is 9.90 Å². The van der Waals surface area contributed by atoms with Gasteiger partial charge in [0.15, 0.2) is 0 Å². The van der Waals surface area contributed by atoms with Gasteiger partial charge in [-0.1, -0.05) is 35.9 Å². The van der Waals surface area contributed by atoms with Crippen molar-refractivity contribution >= 4 is 22.6 Å². The van der Waals surface area contributed by atoms with Crippen molar-refractivity contribution in [1.82, 2.24) is 20.2 Å². The van der Waals surface area contributed by atoms with E-state index in [0.717, 1.165) is 48.0 Å². The Balaban J connectivity index is 1.06. The number of aryl methyl sites for hydroxylation is 1. The van der Waals surface area contributed by atoms with E-state index in [0.29, 0.717) is 17.8 Å². The average molecular weight is 460 g/mol. The number of aliphatic hydroxyl groups is 1. The number of rotatable bonds is 7. The molecule has 1 saturated heterocycles. The lowest BCUT2D eigenvalue weighted by Gasteiger charge is -2.47. The van der Waals surface area contributed by atoms with Gasteiger partial charge in [-0.05, 0) is 61.8 Å². The van der Waals surface area contributed by atoms with Crippen LogP contribution in [0.1, 0.15) is 48.3 Å². The third-order valence-corrected chi connectivity index (χ3v) is 7.36. The molecule has 1 saturated carbocycles. The van der Waals surface area contributed by atoms with Crippen molar-refractivity contribution in [3.05, 3.63) is 65.5 Å². The van der Waals surface area contributed by atoms with E-state index in [-0.39, 0.29) is 25.1 Å². The number of nitrogens with one attached hydrogen (secondary N) is 2. The Morgan fingerprint density at radius 2 is 1.88 bits per heavy atom. The molecule has 1 amide bonds. The summed E-state index contributed by atoms with van der Waals surface area (Å²) in [6, 6.07) is 15.1. The van der Waals surface area contributed by atoms with Crippen LogP contribution >= 0.6 is 0 Å². The van der Waals surface area contributed by atoms with Gasteiger partial charge >= 0.3 is 0 Å². The quantitative estimate of drug-likeness (QED) is 0.502. The molecule has 1 aliphatic heterocycles. The molecule has 1 aliphatic carbocycles. The minimum absolute atomic E-state index is 0.00613. The first-order valence-corrected chi connectivity index (χ1v) is 12.3. The molecule has 5 rings (SSSR count). The van der Waals surface area contributed by atoms with Crippen LogP contribution in [0, 0.1) is 6.92 Å². The van der Waals surface area contributed by atoms with E-state index in [2.05, 4.69) is 37.6 Å². The van der Waals surface area contributed by atoms with Crippen LogP contribution in [0.3, 0.4) is 0 Å². The highest BCUT2D eigenvalue weighted by Gasteiger charge is 2.35. The molecule has 2 fully saturated rings. The third-order valence-electron chi connectivity index (χ3n) is 7.36. The normalized spacial score (nSPS) is 21.2. The van der Waals surface area contributed by atoms with E-state index < -0.39 is 0 Å². The number of hydrogen-bond acceptors (Lipinski definition) is 6. The van der Waals surface area contributed by atoms with Gasteiger partial charge in [0.25, 0.3) is 0 Å². The molecular formula is C27H33N5O2. The van der Waals surface area contributed by atoms with Crippen molar-refractivity contribution < 1.29 is 9.90 Å². The lowest BCUT2D eigenvalue weighted by molar-refractivity contribution is -0.121. The summed E-state index contributed by atoms with van der Waals surface area (Å²) >= 11 is 0. The number of carbonyl (C=O) groups excluding carboxylic acids is 1. The second kappa shape index (κ2) is 10.1. The minimum atomic E-state index is -0.00613. The molecule has 2 heterocycles. The second-order valence-corrected chi connectivity index (χ2v) is 9.68. The van der Waals surface area contributed by atoms with Gasteiger partial charge in [-0.25, -0.2) is 9.97 Å². The zero-order valence-electron chi connectivity index (χ0n) is 19.7. The van der Waals surface area contributed by atoms with E-state index in [1.165, 1.54) is 24.7 Å². The fraction of sp³-hybridized carbons (Fsp3) is 0.444. The van der Waals surface area contributed by atoms with Crippen LogP contribution in [-0.2, 0) is 11.4 Å². The summed E-state index contributed by atoms with van der Waals surface area (Å²) in [4.78, 5) is 23.6. The van der Waals surface area contributed by atoms with Crippen molar-refractivity contribution in [3.63, 3.8) is 0 Å². The highest BCUT2D eigenvalue weighted by molar-refractivity contribution is 5.91. The number of nitrogens with zero attached hydrogens (tertiary/aromatic N) is 3. The van der Waals surface area contributed by atoms with Gasteiger partial charge in [0.1, 0.15) is 12.1 Å². The Hall–Kier alpha value is -3.03. The summed E-state index contributed by atoms with van der Waals surface area (Å²) in [6.45, 7) is 4.19. The standard InChI is InChI=1S/C27H33N5O2/c1-18-6-11-25-24(12-18)27(30-17-29-25)28-13-26(34)31-21-14-32(15-21)22-9-7-19(8-10-22)23-5-3-2-4-20(23)16-33/h2-6,11-12,17,19,21-22,33H,7-10,13-16H2,1H3,(H,31,34)(H,28,29,30). The van der Waals surface area contributed by atoms with E-state index >= 15 is 0 Å². The molecule has 0 unspecified atom stereocenters. The van der Waals surface area contributed by atoms with Crippen molar-refractivity contribution in [1.29, 1.82) is 0 Å². The first kappa shape index (κ1) is 22.7. The van der Waals surface area contributed by atoms with E-state index in [1.807, 2.05) is 37.3 Å². The lowest BCUT2D eigenvalue weighted by atomic mass is 9.79. The molecular weight excluding hydrogens is 426 g/mol. The zero-order chi connectivity index (χ0) is 23.5. The molecule has 0 radical (unpaired) electrons. The minimum Gasteiger partial charge on any atom is -0.392 e. The zero-order valence-corrected chi connectivity index (χ0v) is 19.7. The van der Waals surface area contributed by atoms with E-state index in [1.54, 1.807) is 0 Å². The average Bonchev–Trinajstić information content (AvgIpc) is 2.85. The highest BCUT2D eigenvalue weighted by Crippen LogP contribution is 2.37. The number of fused-ring (bicyclic) bond motifs is 1. The number of carbonyl (C=O) groups is 1. The van der Waals surface area contributed by atoms with Gasteiger partial charge in [0.05, 0.1) is 24.7 Å². The number of amides is 1. The molecule has 2 aliphatic rings. The summed E-state index contributed by atoms with van der Waals surface area (Å²) in [7, 11) is 0. The molecule has 34 heavy (non-hydrogen) atoms. The SMILES string of the molecule is Cc1ccc2ncnc(NCC(=O)NC3CN(C4CCC(c5ccccc5CO)CC4)C3)c2c1. The molecule has 0 bridgehead atoms. The van der Waals surface area contributed by atoms with Gasteiger partial charge in [0, 0.05) is 24.5 Å². The summed E-state index contributed by atoms with van der Waals surface area (Å²) in [5.41, 5.74) is 4.39. The second-order valence-electron chi connectivity index (χ2n) is 9.68. The summed E-state index contributed by atoms with van der Waals surface area (Å²) < 4.78 is 0. The fourth-order valence-corrected chi connectivity index (χ4v) is 5.48. The number of aromatic nitrogens is 2. The largest absolute Gasteiger partial charge is 0.392 e. The molecule has 1 aromatic heterocycles. The Bertz CT molecular complexity index is 1150. The maximum absolute atomic E-state index is 12.5. The first-order valence-electron chi connectivity index (χ1n) is 12.3. The van der Waals surface area contributed by atoms with Crippen molar-refractivity contribution in [2.75, 3.05) is 25.0 Å². The fourth-order valence-electron chi connectivity index (χ4n) is 5.48. The molecule has 3 N–H and O–H groups in total. The lowest BCUT2D eigenvalue weighted by Crippen LogP contribution is -2.63. The third kappa shape index (κ3) is 4.91. The van der Waals surface area contributed by atoms with Gasteiger partial charge in [0.2, 0.25) is 5.91 Å². The van der Waals surface area contributed by atoms with Crippen molar-refractivity contribution in [2.24, 2.45) is 0 Å². The summed E-state index contributed by atoms with van der Waals surface area (Å²) in [6.07, 6.45) is 6.19. The van der Waals surface area contributed by atoms with Crippen LogP contribution in [0.15, 0.2) is 48.8 Å². The van der Waals surface area contributed by atoms with E-state index in [4.69, 9.17) is 0 Å². The maximum Gasteiger partial charge on any atom is 0.239 e. The number of anilines is 1. The van der Waals surface area contributed by atoms with Crippen LogP contribution in [0.4, 0.5) is 5.82 Å².